The van der Waals surface area contributed by atoms with E-state index >= 15 is 0 Å². The van der Waals surface area contributed by atoms with E-state index in [1.165, 1.54) is 23.0 Å². The molecule has 0 amide bonds. The molecule has 7 nitrogen and oxygen atoms in total. The summed E-state index contributed by atoms with van der Waals surface area (Å²) in [6.45, 7) is 1.44. The van der Waals surface area contributed by atoms with Crippen molar-refractivity contribution >= 4 is 16.0 Å². The smallest absolute Gasteiger partial charge is 0.355 e. The van der Waals surface area contributed by atoms with E-state index in [0.717, 1.165) is 25.7 Å². The second-order valence-electron chi connectivity index (χ2n) is 5.93. The summed E-state index contributed by atoms with van der Waals surface area (Å²) in [5.41, 5.74) is 0.183. The second-order valence-corrected chi connectivity index (χ2v) is 7.87. The maximum atomic E-state index is 12.5. The van der Waals surface area contributed by atoms with Crippen molar-refractivity contribution < 1.29 is 22.7 Å². The Bertz CT molecular complexity index is 643. The van der Waals surface area contributed by atoms with Crippen LogP contribution in [0.5, 0.6) is 0 Å². The Morgan fingerprint density at radius 1 is 1.22 bits per heavy atom. The third-order valence-corrected chi connectivity index (χ3v) is 6.19. The van der Waals surface area contributed by atoms with Gasteiger partial charge in [-0.05, 0) is 31.7 Å². The molecular formula is C15H22N2O5S. The minimum atomic E-state index is -3.59. The first kappa shape index (κ1) is 16.5. The molecule has 23 heavy (non-hydrogen) atoms. The monoisotopic (exact) mass is 342 g/mol. The van der Waals surface area contributed by atoms with Gasteiger partial charge < -0.3 is 14.5 Å². The molecule has 3 rings (SSSR count). The lowest BCUT2D eigenvalue weighted by Crippen LogP contribution is -2.40. The fourth-order valence-corrected chi connectivity index (χ4v) is 4.38. The molecule has 1 aliphatic heterocycles. The third-order valence-electron chi connectivity index (χ3n) is 4.31. The largest absolute Gasteiger partial charge is 0.458 e. The van der Waals surface area contributed by atoms with Crippen molar-refractivity contribution in [2.24, 2.45) is 0 Å². The highest BCUT2D eigenvalue weighted by molar-refractivity contribution is 7.89. The molecule has 8 heteroatoms. The summed E-state index contributed by atoms with van der Waals surface area (Å²) in [7, 11) is -3.59. The Labute approximate surface area is 136 Å². The predicted molar refractivity (Wildman–Crippen MR) is 82.7 cm³/mol. The van der Waals surface area contributed by atoms with Crippen LogP contribution >= 0.6 is 0 Å². The molecule has 1 aromatic heterocycles. The van der Waals surface area contributed by atoms with Crippen molar-refractivity contribution in [3.8, 4) is 0 Å². The van der Waals surface area contributed by atoms with Crippen molar-refractivity contribution in [2.75, 3.05) is 26.3 Å². The first-order valence-electron chi connectivity index (χ1n) is 8.04. The molecule has 2 aliphatic rings. The van der Waals surface area contributed by atoms with E-state index < -0.39 is 16.0 Å². The Kier molecular flexibility index (Phi) is 5.03. The standard InChI is InChI=1S/C15H22N2O5S/c18-15(22-12-4-2-1-3-5-12)14-10-13(11-16-14)23(19,20)17-6-8-21-9-7-17/h10-12,16H,1-9H2. The van der Waals surface area contributed by atoms with Gasteiger partial charge in [-0.15, -0.1) is 0 Å². The lowest BCUT2D eigenvalue weighted by molar-refractivity contribution is 0.0205. The average molecular weight is 342 g/mol. The van der Waals surface area contributed by atoms with Crippen LogP contribution in [0.15, 0.2) is 17.2 Å². The minimum Gasteiger partial charge on any atom is -0.458 e. The zero-order valence-electron chi connectivity index (χ0n) is 13.0. The maximum absolute atomic E-state index is 12.5. The summed E-state index contributed by atoms with van der Waals surface area (Å²) in [4.78, 5) is 15.0. The highest BCUT2D eigenvalue weighted by Crippen LogP contribution is 2.22. The molecule has 2 fully saturated rings. The molecule has 1 N–H and O–H groups in total. The van der Waals surface area contributed by atoms with Gasteiger partial charge in [0.15, 0.2) is 0 Å². The average Bonchev–Trinajstić information content (AvgIpc) is 3.07. The number of nitrogens with zero attached hydrogens (tertiary/aromatic N) is 1. The number of nitrogens with one attached hydrogen (secondary N) is 1. The van der Waals surface area contributed by atoms with Crippen molar-refractivity contribution in [1.29, 1.82) is 0 Å². The molecule has 128 valence electrons. The number of aromatic amines is 1. The van der Waals surface area contributed by atoms with Crippen molar-refractivity contribution in [1.82, 2.24) is 9.29 Å². The maximum Gasteiger partial charge on any atom is 0.355 e. The summed E-state index contributed by atoms with van der Waals surface area (Å²) < 4.78 is 37.0. The zero-order chi connectivity index (χ0) is 16.3. The van der Waals surface area contributed by atoms with Gasteiger partial charge in [-0.2, -0.15) is 4.31 Å². The van der Waals surface area contributed by atoms with Crippen LogP contribution in [0.4, 0.5) is 0 Å². The predicted octanol–water partition coefficient (Wildman–Crippen LogP) is 1.53. The number of hydrogen-bond donors (Lipinski definition) is 1. The molecule has 0 atom stereocenters. The number of ether oxygens (including phenoxy) is 2. The van der Waals surface area contributed by atoms with Crippen LogP contribution in [0.3, 0.4) is 0 Å². The van der Waals surface area contributed by atoms with E-state index in [-0.39, 0.29) is 16.7 Å². The Morgan fingerprint density at radius 3 is 2.61 bits per heavy atom. The van der Waals surface area contributed by atoms with Gasteiger partial charge >= 0.3 is 5.97 Å². The number of esters is 1. The van der Waals surface area contributed by atoms with Crippen LogP contribution in [0.2, 0.25) is 0 Å². The Morgan fingerprint density at radius 2 is 1.91 bits per heavy atom. The number of hydrogen-bond acceptors (Lipinski definition) is 5. The molecule has 1 aromatic rings. The zero-order valence-corrected chi connectivity index (χ0v) is 13.8. The third kappa shape index (κ3) is 3.76. The summed E-state index contributed by atoms with van der Waals surface area (Å²) in [6.07, 6.45) is 6.37. The number of rotatable bonds is 4. The fraction of sp³-hybridized carbons (Fsp3) is 0.667. The molecular weight excluding hydrogens is 320 g/mol. The molecule has 1 saturated heterocycles. The van der Waals surface area contributed by atoms with E-state index in [0.29, 0.717) is 26.3 Å². The molecule has 1 saturated carbocycles. The Balaban J connectivity index is 1.68. The van der Waals surface area contributed by atoms with Crippen LogP contribution in [0.25, 0.3) is 0 Å². The lowest BCUT2D eigenvalue weighted by Gasteiger charge is -2.25. The van der Waals surface area contributed by atoms with E-state index in [2.05, 4.69) is 4.98 Å². The molecule has 0 bridgehead atoms. The topological polar surface area (TPSA) is 88.7 Å². The van der Waals surface area contributed by atoms with Crippen LogP contribution in [0, 0.1) is 0 Å². The van der Waals surface area contributed by atoms with Crippen LogP contribution in [-0.2, 0) is 19.5 Å². The fourth-order valence-electron chi connectivity index (χ4n) is 2.98. The van der Waals surface area contributed by atoms with Gasteiger partial charge in [0.25, 0.3) is 0 Å². The van der Waals surface area contributed by atoms with E-state index in [1.807, 2.05) is 0 Å². The molecule has 1 aliphatic carbocycles. The minimum absolute atomic E-state index is 0.0566. The van der Waals surface area contributed by atoms with Crippen LogP contribution < -0.4 is 0 Å². The van der Waals surface area contributed by atoms with E-state index in [9.17, 15) is 13.2 Å². The molecule has 0 spiro atoms. The number of morpholine rings is 1. The SMILES string of the molecule is O=C(OC1CCCCC1)c1cc(S(=O)(=O)N2CCOCC2)c[nH]1. The highest BCUT2D eigenvalue weighted by atomic mass is 32.2. The summed E-state index contributed by atoms with van der Waals surface area (Å²) in [6, 6.07) is 1.36. The van der Waals surface area contributed by atoms with Gasteiger partial charge in [-0.3, -0.25) is 0 Å². The number of aromatic nitrogens is 1. The van der Waals surface area contributed by atoms with Crippen LogP contribution in [0.1, 0.15) is 42.6 Å². The number of carbonyl (C=O) groups excluding carboxylic acids is 1. The van der Waals surface area contributed by atoms with Crippen molar-refractivity contribution in [3.05, 3.63) is 18.0 Å². The first-order valence-corrected chi connectivity index (χ1v) is 9.49. The summed E-state index contributed by atoms with van der Waals surface area (Å²) in [5.74, 6) is -0.486. The molecule has 0 aromatic carbocycles. The highest BCUT2D eigenvalue weighted by Gasteiger charge is 2.28. The Hall–Kier alpha value is -1.38. The van der Waals surface area contributed by atoms with Crippen LogP contribution in [-0.4, -0.2) is 56.1 Å². The lowest BCUT2D eigenvalue weighted by atomic mass is 9.98. The molecule has 2 heterocycles. The quantitative estimate of drug-likeness (QED) is 0.838. The van der Waals surface area contributed by atoms with Crippen molar-refractivity contribution in [2.45, 2.75) is 43.1 Å². The van der Waals surface area contributed by atoms with Gasteiger partial charge in [-0.25, -0.2) is 13.2 Å². The van der Waals surface area contributed by atoms with Gasteiger partial charge in [0.1, 0.15) is 16.7 Å². The number of H-pyrrole nitrogens is 1. The molecule has 0 unspecified atom stereocenters. The van der Waals surface area contributed by atoms with Gasteiger partial charge in [0.05, 0.1) is 13.2 Å². The number of carbonyl (C=O) groups is 1. The van der Waals surface area contributed by atoms with E-state index in [4.69, 9.17) is 9.47 Å². The second kappa shape index (κ2) is 7.02. The van der Waals surface area contributed by atoms with Gasteiger partial charge in [0.2, 0.25) is 10.0 Å². The van der Waals surface area contributed by atoms with Gasteiger partial charge in [0, 0.05) is 19.3 Å². The normalized spacial score (nSPS) is 21.2. The molecule has 0 radical (unpaired) electrons. The van der Waals surface area contributed by atoms with Gasteiger partial charge in [-0.1, -0.05) is 6.42 Å². The summed E-state index contributed by atoms with van der Waals surface area (Å²) >= 11 is 0. The first-order chi connectivity index (χ1) is 11.1. The van der Waals surface area contributed by atoms with Crippen molar-refractivity contribution in [3.63, 3.8) is 0 Å². The number of sulfonamides is 1. The van der Waals surface area contributed by atoms with E-state index in [1.54, 1.807) is 0 Å². The summed E-state index contributed by atoms with van der Waals surface area (Å²) in [5, 5.41) is 0.